The highest BCUT2D eigenvalue weighted by Crippen LogP contribution is 2.21. The molecule has 23 heavy (non-hydrogen) atoms. The van der Waals surface area contributed by atoms with Crippen LogP contribution in [0, 0.1) is 0 Å². The molecule has 0 bridgehead atoms. The van der Waals surface area contributed by atoms with E-state index in [4.69, 9.17) is 9.98 Å². The van der Waals surface area contributed by atoms with Crippen LogP contribution >= 0.6 is 0 Å². The lowest BCUT2D eigenvalue weighted by Crippen LogP contribution is -2.25. The molecule has 0 fully saturated rings. The standard InChI is InChI=1S/C20H29N3/c1-19(2,3)22-17-11-7-15(8-12-17)21-16-9-13-18(14-10-16)23-20(4,5)6/h7-9,11-13,22H,10,14H2,1-6H3/b21-16-,23-18-. The van der Waals surface area contributed by atoms with Crippen molar-refractivity contribution in [3.8, 4) is 0 Å². The largest absolute Gasteiger partial charge is 0.380 e. The van der Waals surface area contributed by atoms with Gasteiger partial charge in [-0.05, 0) is 90.8 Å². The molecule has 3 nitrogen and oxygen atoms in total. The lowest BCUT2D eigenvalue weighted by Gasteiger charge is -2.22. The molecule has 1 aliphatic carbocycles. The highest BCUT2D eigenvalue weighted by Gasteiger charge is 2.12. The maximum Gasteiger partial charge on any atom is 0.0634 e. The van der Waals surface area contributed by atoms with Crippen LogP contribution in [0.15, 0.2) is 46.4 Å². The first-order valence-electron chi connectivity index (χ1n) is 8.33. The van der Waals surface area contributed by atoms with Crippen LogP contribution in [-0.2, 0) is 0 Å². The van der Waals surface area contributed by atoms with E-state index in [2.05, 4.69) is 83.3 Å². The van der Waals surface area contributed by atoms with Gasteiger partial charge in [-0.1, -0.05) is 0 Å². The molecular formula is C20H29N3. The SMILES string of the molecule is CC(C)(C)/N=C1C=C/C(=N/c2ccc(NC(C)(C)C)cc2)CC/1. The van der Waals surface area contributed by atoms with E-state index in [1.807, 2.05) is 0 Å². The van der Waals surface area contributed by atoms with Crippen molar-refractivity contribution in [2.45, 2.75) is 65.5 Å². The lowest BCUT2D eigenvalue weighted by molar-refractivity contribution is 0.582. The zero-order valence-electron chi connectivity index (χ0n) is 15.3. The predicted molar refractivity (Wildman–Crippen MR) is 102 cm³/mol. The third-order valence-corrected chi connectivity index (χ3v) is 3.24. The topological polar surface area (TPSA) is 36.8 Å². The molecule has 1 aromatic rings. The van der Waals surface area contributed by atoms with Crippen LogP contribution in [-0.4, -0.2) is 22.5 Å². The molecule has 1 aromatic carbocycles. The first-order chi connectivity index (χ1) is 10.6. The molecule has 1 N–H and O–H groups in total. The second kappa shape index (κ2) is 6.69. The third kappa shape index (κ3) is 6.39. The van der Waals surface area contributed by atoms with E-state index < -0.39 is 0 Å². The number of nitrogens with zero attached hydrogens (tertiary/aromatic N) is 2. The van der Waals surface area contributed by atoms with Gasteiger partial charge in [-0.3, -0.25) is 9.98 Å². The van der Waals surface area contributed by atoms with Crippen molar-refractivity contribution >= 4 is 22.8 Å². The quantitative estimate of drug-likeness (QED) is 0.762. The van der Waals surface area contributed by atoms with Crippen molar-refractivity contribution in [2.24, 2.45) is 9.98 Å². The van der Waals surface area contributed by atoms with Gasteiger partial charge in [-0.2, -0.15) is 0 Å². The maximum atomic E-state index is 4.73. The zero-order valence-corrected chi connectivity index (χ0v) is 15.3. The number of hydrogen-bond donors (Lipinski definition) is 1. The van der Waals surface area contributed by atoms with Crippen LogP contribution in [0.25, 0.3) is 0 Å². The fraction of sp³-hybridized carbons (Fsp3) is 0.500. The van der Waals surface area contributed by atoms with E-state index in [1.54, 1.807) is 0 Å². The summed E-state index contributed by atoms with van der Waals surface area (Å²) < 4.78 is 0. The summed E-state index contributed by atoms with van der Waals surface area (Å²) in [4.78, 5) is 9.46. The third-order valence-electron chi connectivity index (χ3n) is 3.24. The molecule has 1 aliphatic rings. The van der Waals surface area contributed by atoms with Gasteiger partial charge >= 0.3 is 0 Å². The molecule has 0 spiro atoms. The highest BCUT2D eigenvalue weighted by atomic mass is 14.9. The summed E-state index contributed by atoms with van der Waals surface area (Å²) in [5, 5.41) is 3.46. The van der Waals surface area contributed by atoms with Gasteiger partial charge in [0.15, 0.2) is 0 Å². The van der Waals surface area contributed by atoms with Gasteiger partial charge < -0.3 is 5.32 Å². The van der Waals surface area contributed by atoms with Crippen LogP contribution in [0.5, 0.6) is 0 Å². The van der Waals surface area contributed by atoms with Gasteiger partial charge in [0.05, 0.1) is 11.2 Å². The summed E-state index contributed by atoms with van der Waals surface area (Å²) in [5.41, 5.74) is 4.48. The normalized spacial score (nSPS) is 19.4. The number of rotatable bonds is 2. The first-order valence-corrected chi connectivity index (χ1v) is 8.33. The molecule has 2 rings (SSSR count). The lowest BCUT2D eigenvalue weighted by atomic mass is 10.0. The van der Waals surface area contributed by atoms with Crippen LogP contribution < -0.4 is 5.32 Å². The Morgan fingerprint density at radius 2 is 1.39 bits per heavy atom. The van der Waals surface area contributed by atoms with E-state index in [-0.39, 0.29) is 11.1 Å². The molecule has 3 heteroatoms. The molecule has 0 amide bonds. The second-order valence-electron chi connectivity index (χ2n) is 8.13. The van der Waals surface area contributed by atoms with Crippen molar-refractivity contribution in [2.75, 3.05) is 5.32 Å². The summed E-state index contributed by atoms with van der Waals surface area (Å²) >= 11 is 0. The van der Waals surface area contributed by atoms with E-state index >= 15 is 0 Å². The fourth-order valence-electron chi connectivity index (χ4n) is 2.45. The summed E-state index contributed by atoms with van der Waals surface area (Å²) in [7, 11) is 0. The Morgan fingerprint density at radius 3 is 1.87 bits per heavy atom. The van der Waals surface area contributed by atoms with Crippen molar-refractivity contribution in [1.82, 2.24) is 0 Å². The number of nitrogens with one attached hydrogen (secondary N) is 1. The molecule has 124 valence electrons. The number of hydrogen-bond acceptors (Lipinski definition) is 3. The minimum atomic E-state index is -0.00972. The Kier molecular flexibility index (Phi) is 5.08. The Morgan fingerprint density at radius 1 is 0.826 bits per heavy atom. The van der Waals surface area contributed by atoms with Crippen LogP contribution in [0.3, 0.4) is 0 Å². The maximum absolute atomic E-state index is 4.73. The van der Waals surface area contributed by atoms with E-state index in [0.29, 0.717) is 0 Å². The number of allylic oxidation sites excluding steroid dienone is 2. The second-order valence-corrected chi connectivity index (χ2v) is 8.13. The number of aliphatic imine (C=N–C) groups is 2. The van der Waals surface area contributed by atoms with Gasteiger partial charge in [-0.25, -0.2) is 0 Å². The van der Waals surface area contributed by atoms with Gasteiger partial charge in [0.2, 0.25) is 0 Å². The Bertz CT molecular complexity index is 620. The molecule has 0 saturated heterocycles. The zero-order chi connectivity index (χ0) is 17.1. The summed E-state index contributed by atoms with van der Waals surface area (Å²) in [5.74, 6) is 0. The van der Waals surface area contributed by atoms with Crippen molar-refractivity contribution in [1.29, 1.82) is 0 Å². The summed E-state index contributed by atoms with van der Waals surface area (Å²) in [6.45, 7) is 12.9. The van der Waals surface area contributed by atoms with Gasteiger partial charge in [-0.15, -0.1) is 0 Å². The van der Waals surface area contributed by atoms with Gasteiger partial charge in [0.25, 0.3) is 0 Å². The summed E-state index contributed by atoms with van der Waals surface area (Å²) in [6.07, 6.45) is 6.11. The van der Waals surface area contributed by atoms with Crippen LogP contribution in [0.2, 0.25) is 0 Å². The molecule has 0 atom stereocenters. The Balaban J connectivity index is 2.06. The van der Waals surface area contributed by atoms with E-state index in [9.17, 15) is 0 Å². The number of anilines is 1. The molecule has 0 unspecified atom stereocenters. The summed E-state index contributed by atoms with van der Waals surface area (Å²) in [6, 6.07) is 8.30. The van der Waals surface area contributed by atoms with E-state index in [1.165, 1.54) is 5.71 Å². The van der Waals surface area contributed by atoms with Crippen molar-refractivity contribution in [3.63, 3.8) is 0 Å². The number of benzene rings is 1. The Labute approximate surface area is 140 Å². The fourth-order valence-corrected chi connectivity index (χ4v) is 2.45. The van der Waals surface area contributed by atoms with E-state index in [0.717, 1.165) is 29.9 Å². The van der Waals surface area contributed by atoms with Crippen molar-refractivity contribution < 1.29 is 0 Å². The average Bonchev–Trinajstić information content (AvgIpc) is 2.40. The monoisotopic (exact) mass is 311 g/mol. The van der Waals surface area contributed by atoms with Gasteiger partial charge in [0.1, 0.15) is 0 Å². The molecule has 0 aromatic heterocycles. The Hall–Kier alpha value is -1.90. The average molecular weight is 311 g/mol. The highest BCUT2D eigenvalue weighted by molar-refractivity contribution is 6.09. The smallest absolute Gasteiger partial charge is 0.0634 e. The minimum absolute atomic E-state index is 0.00972. The minimum Gasteiger partial charge on any atom is -0.380 e. The predicted octanol–water partition coefficient (Wildman–Crippen LogP) is 5.56. The molecule has 0 heterocycles. The first kappa shape index (κ1) is 17.5. The van der Waals surface area contributed by atoms with Gasteiger partial charge in [0, 0.05) is 22.6 Å². The van der Waals surface area contributed by atoms with Crippen LogP contribution in [0.4, 0.5) is 11.4 Å². The molecular weight excluding hydrogens is 282 g/mol. The molecule has 0 radical (unpaired) electrons. The van der Waals surface area contributed by atoms with Crippen LogP contribution in [0.1, 0.15) is 54.4 Å². The molecule has 0 aliphatic heterocycles. The van der Waals surface area contributed by atoms with Crippen molar-refractivity contribution in [3.05, 3.63) is 36.4 Å². The molecule has 0 saturated carbocycles.